The second-order valence-corrected chi connectivity index (χ2v) is 6.32. The smallest absolute Gasteiger partial charge is 0.223 e. The molecule has 0 saturated carbocycles. The normalized spacial score (nSPS) is 10.5. The number of ether oxygens (including phenoxy) is 3. The van der Waals surface area contributed by atoms with Crippen molar-refractivity contribution in [2.45, 2.75) is 26.4 Å². The van der Waals surface area contributed by atoms with Crippen molar-refractivity contribution in [3.63, 3.8) is 0 Å². The first-order chi connectivity index (χ1) is 13.8. The highest BCUT2D eigenvalue weighted by Crippen LogP contribution is 2.31. The van der Waals surface area contributed by atoms with Crippen molar-refractivity contribution in [3.8, 4) is 23.1 Å². The van der Waals surface area contributed by atoms with E-state index in [1.54, 1.807) is 13.3 Å². The second kappa shape index (κ2) is 10.3. The van der Waals surface area contributed by atoms with Crippen LogP contribution in [0.3, 0.4) is 0 Å². The minimum atomic E-state index is 0.581. The molecule has 28 heavy (non-hydrogen) atoms. The molecule has 5 heteroatoms. The van der Waals surface area contributed by atoms with Crippen molar-refractivity contribution in [1.82, 2.24) is 10.3 Å². The van der Waals surface area contributed by atoms with E-state index in [0.29, 0.717) is 24.8 Å². The van der Waals surface area contributed by atoms with Crippen molar-refractivity contribution in [2.75, 3.05) is 13.7 Å². The van der Waals surface area contributed by atoms with E-state index in [1.165, 1.54) is 5.56 Å². The summed E-state index contributed by atoms with van der Waals surface area (Å²) in [4.78, 5) is 4.41. The molecule has 0 aliphatic carbocycles. The molecule has 3 aromatic rings. The Labute approximate surface area is 166 Å². The maximum atomic E-state index is 6.08. The Morgan fingerprint density at radius 3 is 2.43 bits per heavy atom. The number of nitrogens with one attached hydrogen (secondary N) is 1. The van der Waals surface area contributed by atoms with E-state index in [-0.39, 0.29) is 0 Å². The lowest BCUT2D eigenvalue weighted by molar-refractivity contribution is 0.300. The molecule has 0 aliphatic heterocycles. The third-order valence-corrected chi connectivity index (χ3v) is 4.17. The van der Waals surface area contributed by atoms with E-state index >= 15 is 0 Å². The lowest BCUT2D eigenvalue weighted by Gasteiger charge is -2.14. The number of benzene rings is 2. The molecule has 5 nitrogen and oxygen atoms in total. The summed E-state index contributed by atoms with van der Waals surface area (Å²) in [6, 6.07) is 19.6. The first-order valence-electron chi connectivity index (χ1n) is 9.47. The van der Waals surface area contributed by atoms with Crippen molar-refractivity contribution in [2.24, 2.45) is 0 Å². The van der Waals surface area contributed by atoms with Gasteiger partial charge in [-0.25, -0.2) is 4.98 Å². The molecule has 3 rings (SSSR count). The van der Waals surface area contributed by atoms with Crippen LogP contribution >= 0.6 is 0 Å². The van der Waals surface area contributed by atoms with Gasteiger partial charge in [0.25, 0.3) is 0 Å². The zero-order chi connectivity index (χ0) is 19.6. The Bertz CT molecular complexity index is 866. The highest BCUT2D eigenvalue weighted by atomic mass is 16.5. The van der Waals surface area contributed by atoms with Crippen molar-refractivity contribution in [3.05, 3.63) is 78.0 Å². The number of nitrogens with zero attached hydrogens (tertiary/aromatic N) is 1. The van der Waals surface area contributed by atoms with Gasteiger partial charge in [0.15, 0.2) is 11.5 Å². The number of para-hydroxylation sites is 2. The van der Waals surface area contributed by atoms with Crippen LogP contribution in [0.15, 0.2) is 66.9 Å². The van der Waals surface area contributed by atoms with Crippen LogP contribution < -0.4 is 19.5 Å². The summed E-state index contributed by atoms with van der Waals surface area (Å²) in [5.74, 6) is 2.84. The molecule has 0 fully saturated rings. The number of pyridine rings is 1. The fraction of sp³-hybridized carbons (Fsp3) is 0.261. The van der Waals surface area contributed by atoms with Gasteiger partial charge in [-0.2, -0.15) is 0 Å². The first-order valence-corrected chi connectivity index (χ1v) is 9.47. The van der Waals surface area contributed by atoms with Gasteiger partial charge in [0.05, 0.1) is 13.7 Å². The number of aromatic nitrogens is 1. The van der Waals surface area contributed by atoms with Gasteiger partial charge in [-0.15, -0.1) is 0 Å². The Morgan fingerprint density at radius 2 is 1.68 bits per heavy atom. The van der Waals surface area contributed by atoms with Gasteiger partial charge in [0.2, 0.25) is 5.88 Å². The summed E-state index contributed by atoms with van der Waals surface area (Å²) in [6.07, 6.45) is 2.68. The first kappa shape index (κ1) is 19.7. The largest absolute Gasteiger partial charge is 0.497 e. The highest BCUT2D eigenvalue weighted by Gasteiger charge is 2.10. The Balaban J connectivity index is 1.64. The van der Waals surface area contributed by atoms with Crippen LogP contribution in [0.4, 0.5) is 0 Å². The van der Waals surface area contributed by atoms with Crippen LogP contribution in [-0.4, -0.2) is 18.7 Å². The average Bonchev–Trinajstić information content (AvgIpc) is 2.75. The van der Waals surface area contributed by atoms with Gasteiger partial charge < -0.3 is 19.5 Å². The lowest BCUT2D eigenvalue weighted by Crippen LogP contribution is -2.13. The molecule has 1 aromatic heterocycles. The molecule has 146 valence electrons. The molecular formula is C23H26N2O3. The lowest BCUT2D eigenvalue weighted by atomic mass is 10.2. The maximum Gasteiger partial charge on any atom is 0.223 e. The fourth-order valence-corrected chi connectivity index (χ4v) is 2.71. The fourth-order valence-electron chi connectivity index (χ4n) is 2.71. The zero-order valence-corrected chi connectivity index (χ0v) is 16.4. The van der Waals surface area contributed by atoms with Crippen LogP contribution in [0.1, 0.15) is 24.5 Å². The van der Waals surface area contributed by atoms with Gasteiger partial charge in [0.1, 0.15) is 5.75 Å². The molecule has 1 heterocycles. The summed E-state index contributed by atoms with van der Waals surface area (Å²) in [7, 11) is 1.67. The molecular weight excluding hydrogens is 352 g/mol. The van der Waals surface area contributed by atoms with E-state index in [1.807, 2.05) is 60.7 Å². The van der Waals surface area contributed by atoms with Gasteiger partial charge in [-0.05, 0) is 42.3 Å². The molecule has 1 N–H and O–H groups in total. The Kier molecular flexibility index (Phi) is 7.27. The van der Waals surface area contributed by atoms with Crippen LogP contribution in [0.25, 0.3) is 0 Å². The third-order valence-electron chi connectivity index (χ3n) is 4.17. The van der Waals surface area contributed by atoms with Crippen molar-refractivity contribution < 1.29 is 14.2 Å². The molecule has 0 saturated heterocycles. The highest BCUT2D eigenvalue weighted by molar-refractivity contribution is 5.43. The summed E-state index contributed by atoms with van der Waals surface area (Å²) in [6.45, 7) is 4.12. The molecule has 0 spiro atoms. The molecule has 0 unspecified atom stereocenters. The standard InChI is InChI=1S/C23H26N2O3/c1-3-15-27-21-8-4-5-9-22(21)28-23-19(7-6-14-25-23)17-24-16-18-10-12-20(26-2)13-11-18/h4-14,24H,3,15-17H2,1-2H3. The van der Waals surface area contributed by atoms with E-state index in [0.717, 1.165) is 30.0 Å². The van der Waals surface area contributed by atoms with Gasteiger partial charge >= 0.3 is 0 Å². The SMILES string of the molecule is CCCOc1ccccc1Oc1ncccc1CNCc1ccc(OC)cc1. The number of hydrogen-bond donors (Lipinski definition) is 1. The summed E-state index contributed by atoms with van der Waals surface area (Å²) >= 11 is 0. The predicted molar refractivity (Wildman–Crippen MR) is 110 cm³/mol. The van der Waals surface area contributed by atoms with E-state index in [9.17, 15) is 0 Å². The van der Waals surface area contributed by atoms with Crippen LogP contribution in [0, 0.1) is 0 Å². The number of rotatable bonds is 10. The van der Waals surface area contributed by atoms with Crippen molar-refractivity contribution >= 4 is 0 Å². The van der Waals surface area contributed by atoms with E-state index < -0.39 is 0 Å². The Morgan fingerprint density at radius 1 is 0.893 bits per heavy atom. The zero-order valence-electron chi connectivity index (χ0n) is 16.4. The van der Waals surface area contributed by atoms with Crippen LogP contribution in [0.5, 0.6) is 23.1 Å². The molecule has 2 aromatic carbocycles. The summed E-state index contributed by atoms with van der Waals surface area (Å²) < 4.78 is 17.0. The topological polar surface area (TPSA) is 52.6 Å². The van der Waals surface area contributed by atoms with Crippen molar-refractivity contribution in [1.29, 1.82) is 0 Å². The monoisotopic (exact) mass is 378 g/mol. The molecule has 0 atom stereocenters. The molecule has 0 aliphatic rings. The van der Waals surface area contributed by atoms with E-state index in [2.05, 4.69) is 17.2 Å². The number of hydrogen-bond acceptors (Lipinski definition) is 5. The maximum absolute atomic E-state index is 6.08. The van der Waals surface area contributed by atoms with E-state index in [4.69, 9.17) is 14.2 Å². The van der Waals surface area contributed by atoms with Crippen LogP contribution in [-0.2, 0) is 13.1 Å². The summed E-state index contributed by atoms with van der Waals surface area (Å²) in [5.41, 5.74) is 2.17. The second-order valence-electron chi connectivity index (χ2n) is 6.32. The molecule has 0 radical (unpaired) electrons. The number of methoxy groups -OCH3 is 1. The van der Waals surface area contributed by atoms with Crippen LogP contribution in [0.2, 0.25) is 0 Å². The summed E-state index contributed by atoms with van der Waals surface area (Å²) in [5, 5.41) is 3.44. The molecule has 0 amide bonds. The Hall–Kier alpha value is -3.05. The van der Waals surface area contributed by atoms with Gasteiger partial charge in [0, 0.05) is 24.8 Å². The quantitative estimate of drug-likeness (QED) is 0.540. The van der Waals surface area contributed by atoms with Gasteiger partial charge in [-0.1, -0.05) is 37.3 Å². The average molecular weight is 378 g/mol. The minimum Gasteiger partial charge on any atom is -0.497 e. The minimum absolute atomic E-state index is 0.581. The van der Waals surface area contributed by atoms with Gasteiger partial charge in [-0.3, -0.25) is 0 Å². The molecule has 0 bridgehead atoms. The third kappa shape index (κ3) is 5.47. The predicted octanol–water partition coefficient (Wildman–Crippen LogP) is 4.96.